The van der Waals surface area contributed by atoms with E-state index in [1.165, 1.54) is 5.56 Å². The Morgan fingerprint density at radius 3 is 2.46 bits per heavy atom. The van der Waals surface area contributed by atoms with E-state index >= 15 is 0 Å². The molecule has 3 rings (SSSR count). The largest absolute Gasteiger partial charge is 0.331 e. The second-order valence-corrected chi connectivity index (χ2v) is 6.97. The molecule has 0 unspecified atom stereocenters. The van der Waals surface area contributed by atoms with Gasteiger partial charge in [-0.2, -0.15) is 0 Å². The lowest BCUT2D eigenvalue weighted by Crippen LogP contribution is -2.65. The summed E-state index contributed by atoms with van der Waals surface area (Å²) in [7, 11) is 3.66. The Bertz CT molecular complexity index is 529. The van der Waals surface area contributed by atoms with Crippen molar-refractivity contribution in [2.75, 3.05) is 46.8 Å². The third kappa shape index (κ3) is 4.02. The number of carbonyl (C=O) groups is 1. The van der Waals surface area contributed by atoms with Crippen LogP contribution in [0.25, 0.3) is 0 Å². The van der Waals surface area contributed by atoms with Crippen molar-refractivity contribution in [1.82, 2.24) is 20.0 Å². The van der Waals surface area contributed by atoms with Crippen LogP contribution in [0.15, 0.2) is 30.3 Å². The van der Waals surface area contributed by atoms with Gasteiger partial charge >= 0.3 is 6.03 Å². The van der Waals surface area contributed by atoms with E-state index in [1.54, 1.807) is 4.90 Å². The standard InChI is InChI=1S/C18H28N4O.ClH/c1-20(2)17(23)21-11-8-18(9-12-21)15-19-10-13-22(18)14-16-6-4-3-5-7-16;/h3-7,19H,8-15H2,1-2H3;1H. The summed E-state index contributed by atoms with van der Waals surface area (Å²) in [6.07, 6.45) is 2.10. The molecule has 1 aromatic carbocycles. The molecule has 1 spiro atoms. The first-order valence-electron chi connectivity index (χ1n) is 8.57. The SMILES string of the molecule is CN(C)C(=O)N1CCC2(CC1)CNCCN2Cc1ccccc1.Cl. The van der Waals surface area contributed by atoms with Gasteiger partial charge in [0.1, 0.15) is 0 Å². The highest BCUT2D eigenvalue weighted by Gasteiger charge is 2.42. The number of rotatable bonds is 2. The zero-order valence-electron chi connectivity index (χ0n) is 14.7. The highest BCUT2D eigenvalue weighted by Crippen LogP contribution is 2.31. The Hall–Kier alpha value is -1.30. The van der Waals surface area contributed by atoms with Gasteiger partial charge in [-0.1, -0.05) is 30.3 Å². The zero-order chi connectivity index (χ0) is 16.3. The molecule has 2 aliphatic heterocycles. The van der Waals surface area contributed by atoms with Gasteiger partial charge in [0.15, 0.2) is 0 Å². The summed E-state index contributed by atoms with van der Waals surface area (Å²) < 4.78 is 0. The molecule has 24 heavy (non-hydrogen) atoms. The second kappa shape index (κ2) is 8.19. The van der Waals surface area contributed by atoms with E-state index in [2.05, 4.69) is 40.5 Å². The van der Waals surface area contributed by atoms with E-state index in [4.69, 9.17) is 0 Å². The summed E-state index contributed by atoms with van der Waals surface area (Å²) in [5, 5.41) is 3.57. The highest BCUT2D eigenvalue weighted by molar-refractivity contribution is 5.85. The number of nitrogens with one attached hydrogen (secondary N) is 1. The van der Waals surface area contributed by atoms with Gasteiger partial charge in [0.25, 0.3) is 0 Å². The van der Waals surface area contributed by atoms with Gasteiger partial charge in [0.05, 0.1) is 0 Å². The van der Waals surface area contributed by atoms with Crippen LogP contribution in [0, 0.1) is 0 Å². The van der Waals surface area contributed by atoms with E-state index in [-0.39, 0.29) is 24.0 Å². The van der Waals surface area contributed by atoms with Gasteiger partial charge in [0, 0.05) is 58.9 Å². The number of likely N-dealkylation sites (tertiary alicyclic amines) is 1. The molecule has 0 bridgehead atoms. The minimum Gasteiger partial charge on any atom is -0.331 e. The fraction of sp³-hybridized carbons (Fsp3) is 0.611. The van der Waals surface area contributed by atoms with Crippen molar-refractivity contribution in [3.05, 3.63) is 35.9 Å². The summed E-state index contributed by atoms with van der Waals surface area (Å²) in [6.45, 7) is 5.87. The molecule has 5 nitrogen and oxygen atoms in total. The number of piperidine rings is 1. The van der Waals surface area contributed by atoms with E-state index < -0.39 is 0 Å². The maximum absolute atomic E-state index is 12.2. The number of urea groups is 1. The fourth-order valence-electron chi connectivity index (χ4n) is 3.82. The molecule has 134 valence electrons. The van der Waals surface area contributed by atoms with Crippen LogP contribution in [0.4, 0.5) is 4.79 Å². The number of hydrogen-bond acceptors (Lipinski definition) is 3. The Labute approximate surface area is 151 Å². The molecule has 2 amide bonds. The van der Waals surface area contributed by atoms with Crippen LogP contribution in [-0.4, -0.2) is 73.1 Å². The second-order valence-electron chi connectivity index (χ2n) is 6.97. The van der Waals surface area contributed by atoms with Gasteiger partial charge in [0.2, 0.25) is 0 Å². The third-order valence-electron chi connectivity index (χ3n) is 5.25. The number of hydrogen-bond donors (Lipinski definition) is 1. The van der Waals surface area contributed by atoms with Gasteiger partial charge in [-0.15, -0.1) is 12.4 Å². The number of carbonyl (C=O) groups excluding carboxylic acids is 1. The number of piperazine rings is 1. The summed E-state index contributed by atoms with van der Waals surface area (Å²) >= 11 is 0. The van der Waals surface area contributed by atoms with Crippen molar-refractivity contribution < 1.29 is 4.79 Å². The first kappa shape index (κ1) is 19.0. The van der Waals surface area contributed by atoms with E-state index in [1.807, 2.05) is 19.0 Å². The van der Waals surface area contributed by atoms with E-state index in [0.717, 1.165) is 52.1 Å². The van der Waals surface area contributed by atoms with Crippen molar-refractivity contribution >= 4 is 18.4 Å². The highest BCUT2D eigenvalue weighted by atomic mass is 35.5. The van der Waals surface area contributed by atoms with Crippen molar-refractivity contribution in [1.29, 1.82) is 0 Å². The predicted octanol–water partition coefficient (Wildman–Crippen LogP) is 2.03. The lowest BCUT2D eigenvalue weighted by atomic mass is 9.83. The quantitative estimate of drug-likeness (QED) is 0.885. The molecule has 2 fully saturated rings. The minimum absolute atomic E-state index is 0. The summed E-state index contributed by atoms with van der Waals surface area (Å²) in [5.41, 5.74) is 1.57. The molecule has 2 aliphatic rings. The number of halogens is 1. The number of nitrogens with zero attached hydrogens (tertiary/aromatic N) is 3. The maximum Gasteiger partial charge on any atom is 0.319 e. The van der Waals surface area contributed by atoms with Crippen LogP contribution in [0.2, 0.25) is 0 Å². The van der Waals surface area contributed by atoms with Gasteiger partial charge in [-0.05, 0) is 18.4 Å². The molecule has 0 radical (unpaired) electrons. The van der Waals surface area contributed by atoms with Crippen molar-refractivity contribution in [3.8, 4) is 0 Å². The molecule has 2 saturated heterocycles. The topological polar surface area (TPSA) is 38.8 Å². The molecule has 0 aliphatic carbocycles. The lowest BCUT2D eigenvalue weighted by Gasteiger charge is -2.52. The molecular formula is C18H29ClN4O. The lowest BCUT2D eigenvalue weighted by molar-refractivity contribution is 0.00333. The Morgan fingerprint density at radius 2 is 1.83 bits per heavy atom. The van der Waals surface area contributed by atoms with Crippen molar-refractivity contribution in [3.63, 3.8) is 0 Å². The normalized spacial score (nSPS) is 20.5. The summed E-state index contributed by atoms with van der Waals surface area (Å²) in [6, 6.07) is 10.9. The average molecular weight is 353 g/mol. The Morgan fingerprint density at radius 1 is 1.17 bits per heavy atom. The van der Waals surface area contributed by atoms with Crippen LogP contribution >= 0.6 is 12.4 Å². The van der Waals surface area contributed by atoms with Crippen LogP contribution in [0.3, 0.4) is 0 Å². The predicted molar refractivity (Wildman–Crippen MR) is 99.6 cm³/mol. The molecule has 0 atom stereocenters. The third-order valence-corrected chi connectivity index (χ3v) is 5.25. The Balaban J connectivity index is 0.00000208. The van der Waals surface area contributed by atoms with Crippen molar-refractivity contribution in [2.24, 2.45) is 0 Å². The molecule has 1 aromatic rings. The Kier molecular flexibility index (Phi) is 6.49. The molecule has 0 saturated carbocycles. The first-order chi connectivity index (χ1) is 11.1. The van der Waals surface area contributed by atoms with Crippen LogP contribution in [-0.2, 0) is 6.54 Å². The number of amides is 2. The van der Waals surface area contributed by atoms with Gasteiger partial charge in [-0.25, -0.2) is 4.79 Å². The monoisotopic (exact) mass is 352 g/mol. The summed E-state index contributed by atoms with van der Waals surface area (Å²) in [5.74, 6) is 0. The zero-order valence-corrected chi connectivity index (χ0v) is 15.5. The average Bonchev–Trinajstić information content (AvgIpc) is 2.58. The van der Waals surface area contributed by atoms with Crippen molar-refractivity contribution in [2.45, 2.75) is 24.9 Å². The molecule has 0 aromatic heterocycles. The van der Waals surface area contributed by atoms with Crippen LogP contribution in [0.1, 0.15) is 18.4 Å². The minimum atomic E-state index is 0. The van der Waals surface area contributed by atoms with Crippen LogP contribution in [0.5, 0.6) is 0 Å². The molecular weight excluding hydrogens is 324 g/mol. The number of benzene rings is 1. The molecule has 6 heteroatoms. The first-order valence-corrected chi connectivity index (χ1v) is 8.57. The van der Waals surface area contributed by atoms with Gasteiger partial charge in [-0.3, -0.25) is 4.90 Å². The van der Waals surface area contributed by atoms with Gasteiger partial charge < -0.3 is 15.1 Å². The molecule has 2 heterocycles. The molecule has 1 N–H and O–H groups in total. The van der Waals surface area contributed by atoms with Crippen LogP contribution < -0.4 is 5.32 Å². The fourth-order valence-corrected chi connectivity index (χ4v) is 3.82. The maximum atomic E-state index is 12.2. The van der Waals surface area contributed by atoms with E-state index in [0.29, 0.717) is 0 Å². The smallest absolute Gasteiger partial charge is 0.319 e. The van der Waals surface area contributed by atoms with E-state index in [9.17, 15) is 4.79 Å². The summed E-state index contributed by atoms with van der Waals surface area (Å²) in [4.78, 5) is 18.5.